The van der Waals surface area contributed by atoms with Gasteiger partial charge in [-0.1, -0.05) is 12.5 Å². The molecule has 0 bridgehead atoms. The van der Waals surface area contributed by atoms with Crippen LogP contribution in [0, 0.1) is 40.0 Å². The summed E-state index contributed by atoms with van der Waals surface area (Å²) < 4.78 is 0. The molecule has 0 fully saturated rings. The van der Waals surface area contributed by atoms with Gasteiger partial charge in [-0.05, 0) is 74.8 Å². The topological polar surface area (TPSA) is 0 Å². The summed E-state index contributed by atoms with van der Waals surface area (Å²) in [6, 6.07) is 2.32. The highest BCUT2D eigenvalue weighted by atomic mass is 14.1. The molecule has 0 heterocycles. The number of unbranched alkanes of at least 4 members (excludes halogenated alkanes) is 3. The molecule has 92 valence electrons. The third-order valence-electron chi connectivity index (χ3n) is 3.76. The van der Waals surface area contributed by atoms with Crippen molar-refractivity contribution in [2.24, 2.45) is 0 Å². The SMILES string of the molecule is C#CCCCCCc1c(C)cc(C)c(C)c1C. The minimum Gasteiger partial charge on any atom is -0.120 e. The van der Waals surface area contributed by atoms with E-state index in [0.717, 1.165) is 6.42 Å². The van der Waals surface area contributed by atoms with Gasteiger partial charge in [0.1, 0.15) is 0 Å². The zero-order valence-electron chi connectivity index (χ0n) is 11.7. The van der Waals surface area contributed by atoms with Gasteiger partial charge in [-0.25, -0.2) is 0 Å². The second-order valence-electron chi connectivity index (χ2n) is 5.00. The summed E-state index contributed by atoms with van der Waals surface area (Å²) >= 11 is 0. The molecule has 0 heteroatoms. The van der Waals surface area contributed by atoms with Crippen LogP contribution in [0.25, 0.3) is 0 Å². The second kappa shape index (κ2) is 6.50. The lowest BCUT2D eigenvalue weighted by molar-refractivity contribution is 0.689. The van der Waals surface area contributed by atoms with Crippen LogP contribution >= 0.6 is 0 Å². The molecule has 1 aromatic rings. The first-order valence-corrected chi connectivity index (χ1v) is 6.57. The minimum absolute atomic E-state index is 0.922. The van der Waals surface area contributed by atoms with Crippen molar-refractivity contribution >= 4 is 0 Å². The number of rotatable bonds is 5. The van der Waals surface area contributed by atoms with Crippen LogP contribution in [-0.2, 0) is 6.42 Å². The van der Waals surface area contributed by atoms with Crippen molar-refractivity contribution in [3.05, 3.63) is 33.9 Å². The molecular weight excluding hydrogens is 204 g/mol. The summed E-state index contributed by atoms with van der Waals surface area (Å²) in [5.74, 6) is 2.71. The summed E-state index contributed by atoms with van der Waals surface area (Å²) in [5, 5.41) is 0. The molecule has 17 heavy (non-hydrogen) atoms. The lowest BCUT2D eigenvalue weighted by Gasteiger charge is -2.14. The minimum atomic E-state index is 0.922. The quantitative estimate of drug-likeness (QED) is 0.508. The molecule has 0 aromatic heterocycles. The van der Waals surface area contributed by atoms with Crippen LogP contribution in [0.5, 0.6) is 0 Å². The fourth-order valence-corrected chi connectivity index (χ4v) is 2.43. The molecule has 0 nitrogen and oxygen atoms in total. The van der Waals surface area contributed by atoms with E-state index in [4.69, 9.17) is 6.42 Å². The molecule has 0 saturated heterocycles. The second-order valence-corrected chi connectivity index (χ2v) is 5.00. The van der Waals surface area contributed by atoms with Crippen molar-refractivity contribution in [3.63, 3.8) is 0 Å². The Hall–Kier alpha value is -1.22. The van der Waals surface area contributed by atoms with Crippen LogP contribution in [0.4, 0.5) is 0 Å². The fourth-order valence-electron chi connectivity index (χ4n) is 2.43. The van der Waals surface area contributed by atoms with E-state index in [9.17, 15) is 0 Å². The highest BCUT2D eigenvalue weighted by Crippen LogP contribution is 2.23. The number of benzene rings is 1. The molecule has 0 atom stereocenters. The van der Waals surface area contributed by atoms with Crippen molar-refractivity contribution in [1.29, 1.82) is 0 Å². The Labute approximate surface area is 106 Å². The van der Waals surface area contributed by atoms with Gasteiger partial charge in [-0.3, -0.25) is 0 Å². The van der Waals surface area contributed by atoms with Gasteiger partial charge in [0.2, 0.25) is 0 Å². The molecule has 0 unspecified atom stereocenters. The summed E-state index contributed by atoms with van der Waals surface area (Å²) in [5.41, 5.74) is 7.35. The van der Waals surface area contributed by atoms with E-state index in [1.54, 1.807) is 5.56 Å². The van der Waals surface area contributed by atoms with E-state index < -0.39 is 0 Å². The summed E-state index contributed by atoms with van der Waals surface area (Å²) in [7, 11) is 0. The highest BCUT2D eigenvalue weighted by molar-refractivity contribution is 5.43. The lowest BCUT2D eigenvalue weighted by atomic mass is 9.91. The fraction of sp³-hybridized carbons (Fsp3) is 0.529. The first-order chi connectivity index (χ1) is 8.07. The largest absolute Gasteiger partial charge is 0.120 e. The average molecular weight is 228 g/mol. The Morgan fingerprint density at radius 3 is 2.29 bits per heavy atom. The van der Waals surface area contributed by atoms with Crippen molar-refractivity contribution < 1.29 is 0 Å². The van der Waals surface area contributed by atoms with Gasteiger partial charge in [-0.15, -0.1) is 12.3 Å². The van der Waals surface area contributed by atoms with E-state index in [-0.39, 0.29) is 0 Å². The molecule has 0 aliphatic heterocycles. The molecule has 0 saturated carbocycles. The Kier molecular flexibility index (Phi) is 5.29. The van der Waals surface area contributed by atoms with Gasteiger partial charge in [0.15, 0.2) is 0 Å². The van der Waals surface area contributed by atoms with Crippen LogP contribution in [0.1, 0.15) is 53.5 Å². The van der Waals surface area contributed by atoms with E-state index in [1.807, 2.05) is 0 Å². The summed E-state index contributed by atoms with van der Waals surface area (Å²) in [4.78, 5) is 0. The highest BCUT2D eigenvalue weighted by Gasteiger charge is 2.07. The zero-order chi connectivity index (χ0) is 12.8. The van der Waals surface area contributed by atoms with Gasteiger partial charge in [-0.2, -0.15) is 0 Å². The molecule has 1 rings (SSSR count). The van der Waals surface area contributed by atoms with Crippen LogP contribution in [0.3, 0.4) is 0 Å². The van der Waals surface area contributed by atoms with Crippen LogP contribution in [-0.4, -0.2) is 0 Å². The maximum atomic E-state index is 5.26. The number of terminal acetylenes is 1. The zero-order valence-corrected chi connectivity index (χ0v) is 11.7. The van der Waals surface area contributed by atoms with E-state index in [1.165, 1.54) is 47.9 Å². The van der Waals surface area contributed by atoms with Crippen molar-refractivity contribution in [2.45, 2.75) is 59.8 Å². The lowest BCUT2D eigenvalue weighted by Crippen LogP contribution is -1.99. The third kappa shape index (κ3) is 3.63. The Bertz CT molecular complexity index is 419. The standard InChI is InChI=1S/C17H24/c1-6-7-8-9-10-11-17-14(3)12-13(2)15(4)16(17)5/h1,12H,7-11H2,2-5H3. The molecule has 0 N–H and O–H groups in total. The maximum Gasteiger partial charge on any atom is 0.00860 e. The van der Waals surface area contributed by atoms with E-state index in [0.29, 0.717) is 0 Å². The Balaban J connectivity index is 2.66. The average Bonchev–Trinajstić information content (AvgIpc) is 2.30. The van der Waals surface area contributed by atoms with E-state index >= 15 is 0 Å². The molecule has 0 amide bonds. The Morgan fingerprint density at radius 2 is 1.65 bits per heavy atom. The van der Waals surface area contributed by atoms with Crippen LogP contribution in [0.15, 0.2) is 6.07 Å². The summed E-state index contributed by atoms with van der Waals surface area (Å²) in [6.07, 6.45) is 11.0. The predicted octanol–water partition coefficient (Wildman–Crippen LogP) is 4.66. The van der Waals surface area contributed by atoms with E-state index in [2.05, 4.69) is 39.7 Å². The van der Waals surface area contributed by atoms with Crippen molar-refractivity contribution in [1.82, 2.24) is 0 Å². The third-order valence-corrected chi connectivity index (χ3v) is 3.76. The number of aryl methyl sites for hydroxylation is 2. The molecule has 0 radical (unpaired) electrons. The van der Waals surface area contributed by atoms with Crippen LogP contribution < -0.4 is 0 Å². The smallest absolute Gasteiger partial charge is 0.00860 e. The van der Waals surface area contributed by atoms with Crippen molar-refractivity contribution in [2.75, 3.05) is 0 Å². The number of hydrogen-bond donors (Lipinski definition) is 0. The normalized spacial score (nSPS) is 10.3. The first-order valence-electron chi connectivity index (χ1n) is 6.57. The monoisotopic (exact) mass is 228 g/mol. The van der Waals surface area contributed by atoms with Gasteiger partial charge < -0.3 is 0 Å². The number of hydrogen-bond acceptors (Lipinski definition) is 0. The van der Waals surface area contributed by atoms with Gasteiger partial charge in [0, 0.05) is 6.42 Å². The van der Waals surface area contributed by atoms with Gasteiger partial charge in [0.25, 0.3) is 0 Å². The van der Waals surface area contributed by atoms with Gasteiger partial charge >= 0.3 is 0 Å². The molecule has 0 aliphatic carbocycles. The predicted molar refractivity (Wildman–Crippen MR) is 76.4 cm³/mol. The molecule has 0 spiro atoms. The van der Waals surface area contributed by atoms with Gasteiger partial charge in [0.05, 0.1) is 0 Å². The van der Waals surface area contributed by atoms with Crippen LogP contribution in [0.2, 0.25) is 0 Å². The first kappa shape index (κ1) is 13.8. The van der Waals surface area contributed by atoms with Crippen molar-refractivity contribution in [3.8, 4) is 12.3 Å². The Morgan fingerprint density at radius 1 is 0.941 bits per heavy atom. The maximum absolute atomic E-state index is 5.26. The molecular formula is C17H24. The molecule has 1 aromatic carbocycles. The summed E-state index contributed by atoms with van der Waals surface area (Å²) in [6.45, 7) is 8.92. The molecule has 0 aliphatic rings.